The highest BCUT2D eigenvalue weighted by molar-refractivity contribution is 5.00. The van der Waals surface area contributed by atoms with Crippen molar-refractivity contribution in [1.82, 2.24) is 10.6 Å². The lowest BCUT2D eigenvalue weighted by Gasteiger charge is -2.55. The third kappa shape index (κ3) is 1.46. The van der Waals surface area contributed by atoms with Gasteiger partial charge < -0.3 is 9.47 Å². The molecule has 0 spiro atoms. The largest absolute Gasteiger partial charge is 0.352 e. The molecule has 4 nitrogen and oxygen atoms in total. The maximum atomic E-state index is 5.93. The van der Waals surface area contributed by atoms with Crippen molar-refractivity contribution in [1.29, 1.82) is 0 Å². The van der Waals surface area contributed by atoms with E-state index in [4.69, 9.17) is 9.47 Å². The van der Waals surface area contributed by atoms with Crippen LogP contribution >= 0.6 is 0 Å². The number of hydrogen-bond donors (Lipinski definition) is 2. The van der Waals surface area contributed by atoms with Gasteiger partial charge in [0.1, 0.15) is 0 Å². The van der Waals surface area contributed by atoms with Crippen LogP contribution in [0.1, 0.15) is 27.7 Å². The summed E-state index contributed by atoms with van der Waals surface area (Å²) in [6.45, 7) is 9.89. The van der Waals surface area contributed by atoms with Crippen LogP contribution in [0.4, 0.5) is 0 Å². The summed E-state index contributed by atoms with van der Waals surface area (Å²) in [5.74, 6) is 0. The molecule has 14 heavy (non-hydrogen) atoms. The minimum absolute atomic E-state index is 0.220. The molecule has 2 heterocycles. The van der Waals surface area contributed by atoms with Crippen LogP contribution in [0.25, 0.3) is 0 Å². The van der Waals surface area contributed by atoms with Crippen LogP contribution in [0.15, 0.2) is 0 Å². The lowest BCUT2D eigenvalue weighted by atomic mass is 9.97. The first-order valence-corrected chi connectivity index (χ1v) is 5.31. The molecule has 0 aromatic rings. The highest BCUT2D eigenvalue weighted by Crippen LogP contribution is 2.33. The Hall–Kier alpha value is -0.160. The van der Waals surface area contributed by atoms with E-state index in [1.54, 1.807) is 0 Å². The van der Waals surface area contributed by atoms with E-state index in [1.165, 1.54) is 0 Å². The Bertz CT molecular complexity index is 212. The lowest BCUT2D eigenvalue weighted by Crippen LogP contribution is -2.77. The van der Waals surface area contributed by atoms with Gasteiger partial charge in [-0.2, -0.15) is 0 Å². The minimum Gasteiger partial charge on any atom is -0.352 e. The Morgan fingerprint density at radius 2 is 1.29 bits per heavy atom. The van der Waals surface area contributed by atoms with Gasteiger partial charge in [0.25, 0.3) is 0 Å². The number of hydrogen-bond acceptors (Lipinski definition) is 4. The second kappa shape index (κ2) is 3.17. The molecular weight excluding hydrogens is 180 g/mol. The molecule has 0 unspecified atom stereocenters. The molecular formula is C10H20N2O2. The number of morpholine rings is 2. The van der Waals surface area contributed by atoms with Crippen LogP contribution in [0.3, 0.4) is 0 Å². The monoisotopic (exact) mass is 200 g/mol. The minimum atomic E-state index is -0.419. The molecule has 0 aromatic heterocycles. The third-order valence-corrected chi connectivity index (χ3v) is 3.24. The fourth-order valence-electron chi connectivity index (χ4n) is 2.21. The smallest absolute Gasteiger partial charge is 0.159 e. The number of fused-ring (bicyclic) bond motifs is 1. The summed E-state index contributed by atoms with van der Waals surface area (Å²) < 4.78 is 11.9. The van der Waals surface area contributed by atoms with Crippen LogP contribution in [-0.4, -0.2) is 36.7 Å². The fraction of sp³-hybridized carbons (Fsp3) is 1.00. The highest BCUT2D eigenvalue weighted by Gasteiger charge is 2.53. The SMILES string of the molecule is C[C@@H]1CN[C@]2(C)O[C@H](C)CN[C@]2(C)O1. The summed E-state index contributed by atoms with van der Waals surface area (Å²) in [7, 11) is 0. The summed E-state index contributed by atoms with van der Waals surface area (Å²) >= 11 is 0. The maximum Gasteiger partial charge on any atom is 0.159 e. The molecule has 0 aliphatic carbocycles. The van der Waals surface area contributed by atoms with Crippen LogP contribution in [0.5, 0.6) is 0 Å². The average Bonchev–Trinajstić information content (AvgIpc) is 2.08. The second-order valence-electron chi connectivity index (χ2n) is 4.69. The van der Waals surface area contributed by atoms with Gasteiger partial charge in [0.15, 0.2) is 11.4 Å². The van der Waals surface area contributed by atoms with E-state index in [9.17, 15) is 0 Å². The zero-order chi connectivity index (χ0) is 10.4. The molecule has 4 atom stereocenters. The molecule has 2 N–H and O–H groups in total. The van der Waals surface area contributed by atoms with Gasteiger partial charge in [-0.05, 0) is 27.7 Å². The van der Waals surface area contributed by atoms with Crippen molar-refractivity contribution in [2.45, 2.75) is 51.4 Å². The molecule has 0 radical (unpaired) electrons. The van der Waals surface area contributed by atoms with E-state index < -0.39 is 11.4 Å². The Labute approximate surface area is 85.3 Å². The van der Waals surface area contributed by atoms with Gasteiger partial charge in [-0.3, -0.25) is 10.6 Å². The van der Waals surface area contributed by atoms with Crippen molar-refractivity contribution in [3.05, 3.63) is 0 Å². The zero-order valence-corrected chi connectivity index (χ0v) is 9.39. The van der Waals surface area contributed by atoms with E-state index in [0.717, 1.165) is 13.1 Å². The maximum absolute atomic E-state index is 5.93. The number of nitrogens with one attached hydrogen (secondary N) is 2. The second-order valence-corrected chi connectivity index (χ2v) is 4.69. The Kier molecular flexibility index (Phi) is 2.34. The molecule has 2 aliphatic heterocycles. The van der Waals surface area contributed by atoms with E-state index in [2.05, 4.69) is 24.5 Å². The summed E-state index contributed by atoms with van der Waals surface area (Å²) in [4.78, 5) is 0. The van der Waals surface area contributed by atoms with Crippen molar-refractivity contribution in [3.63, 3.8) is 0 Å². The zero-order valence-electron chi connectivity index (χ0n) is 9.39. The van der Waals surface area contributed by atoms with Gasteiger partial charge in [0.2, 0.25) is 0 Å². The van der Waals surface area contributed by atoms with Gasteiger partial charge >= 0.3 is 0 Å². The average molecular weight is 200 g/mol. The van der Waals surface area contributed by atoms with Crippen molar-refractivity contribution < 1.29 is 9.47 Å². The standard InChI is InChI=1S/C10H20N2O2/c1-7-5-11-10(4)9(3,13-7)12-6-8(2)14-10/h7-8,11-12H,5-6H2,1-4H3/t7-,8-,9-,10-/m1/s1. The summed E-state index contributed by atoms with van der Waals surface area (Å²) in [5, 5.41) is 6.82. The Morgan fingerprint density at radius 3 is 1.64 bits per heavy atom. The molecule has 0 amide bonds. The lowest BCUT2D eigenvalue weighted by molar-refractivity contribution is -0.299. The summed E-state index contributed by atoms with van der Waals surface area (Å²) in [5.41, 5.74) is -0.839. The first-order chi connectivity index (χ1) is 6.45. The Balaban J connectivity index is 2.20. The molecule has 2 fully saturated rings. The van der Waals surface area contributed by atoms with Crippen molar-refractivity contribution in [2.24, 2.45) is 0 Å². The van der Waals surface area contributed by atoms with Crippen LogP contribution in [-0.2, 0) is 9.47 Å². The van der Waals surface area contributed by atoms with Gasteiger partial charge in [0.05, 0.1) is 12.2 Å². The molecule has 0 saturated carbocycles. The first-order valence-electron chi connectivity index (χ1n) is 5.31. The van der Waals surface area contributed by atoms with Crippen molar-refractivity contribution in [3.8, 4) is 0 Å². The highest BCUT2D eigenvalue weighted by atomic mass is 16.6. The normalized spacial score (nSPS) is 54.0. The van der Waals surface area contributed by atoms with Crippen LogP contribution in [0.2, 0.25) is 0 Å². The predicted octanol–water partition coefficient (Wildman–Crippen LogP) is 0.435. The molecule has 2 rings (SSSR count). The van der Waals surface area contributed by atoms with Crippen molar-refractivity contribution in [2.75, 3.05) is 13.1 Å². The van der Waals surface area contributed by atoms with E-state index in [1.807, 2.05) is 13.8 Å². The van der Waals surface area contributed by atoms with Crippen LogP contribution < -0.4 is 10.6 Å². The number of rotatable bonds is 0. The summed E-state index contributed by atoms with van der Waals surface area (Å²) in [6.07, 6.45) is 0.440. The molecule has 2 saturated heterocycles. The van der Waals surface area contributed by atoms with Gasteiger partial charge in [-0.15, -0.1) is 0 Å². The van der Waals surface area contributed by atoms with Gasteiger partial charge in [0, 0.05) is 13.1 Å². The number of ether oxygens (including phenoxy) is 2. The summed E-state index contributed by atoms with van der Waals surface area (Å²) in [6, 6.07) is 0. The van der Waals surface area contributed by atoms with Gasteiger partial charge in [-0.25, -0.2) is 0 Å². The predicted molar refractivity (Wildman–Crippen MR) is 53.9 cm³/mol. The molecule has 0 bridgehead atoms. The Morgan fingerprint density at radius 1 is 0.929 bits per heavy atom. The van der Waals surface area contributed by atoms with Crippen molar-refractivity contribution >= 4 is 0 Å². The van der Waals surface area contributed by atoms with Crippen LogP contribution in [0, 0.1) is 0 Å². The molecule has 2 aliphatic rings. The van der Waals surface area contributed by atoms with E-state index >= 15 is 0 Å². The molecule has 0 aromatic carbocycles. The first kappa shape index (κ1) is 10.4. The van der Waals surface area contributed by atoms with E-state index in [-0.39, 0.29) is 12.2 Å². The molecule has 4 heteroatoms. The van der Waals surface area contributed by atoms with E-state index in [0.29, 0.717) is 0 Å². The van der Waals surface area contributed by atoms with Gasteiger partial charge in [-0.1, -0.05) is 0 Å². The third-order valence-electron chi connectivity index (χ3n) is 3.24. The molecule has 82 valence electrons. The fourth-order valence-corrected chi connectivity index (χ4v) is 2.21. The topological polar surface area (TPSA) is 42.5 Å². The quantitative estimate of drug-likeness (QED) is 0.595.